The fraction of sp³-hybridized carbons (Fsp3) is 0.350. The van der Waals surface area contributed by atoms with Crippen molar-refractivity contribution in [3.8, 4) is 5.69 Å². The van der Waals surface area contributed by atoms with Crippen molar-refractivity contribution in [3.63, 3.8) is 0 Å². The molecule has 9 nitrogen and oxygen atoms in total. The lowest BCUT2D eigenvalue weighted by Gasteiger charge is -2.39. The molecule has 1 N–H and O–H groups in total. The Morgan fingerprint density at radius 2 is 1.87 bits per heavy atom. The summed E-state index contributed by atoms with van der Waals surface area (Å²) in [6.45, 7) is 6.50. The Hall–Kier alpha value is -3.04. The van der Waals surface area contributed by atoms with Gasteiger partial charge in [0.1, 0.15) is 6.54 Å². The first-order chi connectivity index (χ1) is 14.5. The van der Waals surface area contributed by atoms with Crippen LogP contribution in [0.4, 0.5) is 0 Å². The van der Waals surface area contributed by atoms with Gasteiger partial charge >= 0.3 is 0 Å². The maximum atomic E-state index is 6.13. The number of nitrogens with zero attached hydrogens (tertiary/aromatic N) is 8. The van der Waals surface area contributed by atoms with Crippen LogP contribution in [0.2, 0.25) is 5.02 Å². The Morgan fingerprint density at radius 3 is 2.63 bits per heavy atom. The topological polar surface area (TPSA) is 93.3 Å². The summed E-state index contributed by atoms with van der Waals surface area (Å²) in [5.41, 5.74) is 2.97. The summed E-state index contributed by atoms with van der Waals surface area (Å²) < 4.78 is 2.09. The minimum atomic E-state index is -0.364. The summed E-state index contributed by atoms with van der Waals surface area (Å²) in [4.78, 5) is 4.02. The van der Waals surface area contributed by atoms with E-state index in [4.69, 9.17) is 11.6 Å². The number of benzene rings is 1. The minimum absolute atomic E-state index is 0.364. The molecule has 0 saturated carbocycles. The van der Waals surface area contributed by atoms with Crippen molar-refractivity contribution < 1.29 is 0 Å². The van der Waals surface area contributed by atoms with Crippen molar-refractivity contribution in [2.75, 3.05) is 6.54 Å². The zero-order valence-corrected chi connectivity index (χ0v) is 17.6. The van der Waals surface area contributed by atoms with Crippen LogP contribution in [-0.4, -0.2) is 51.4 Å². The molecule has 1 aliphatic heterocycles. The van der Waals surface area contributed by atoms with Gasteiger partial charge in [-0.1, -0.05) is 11.6 Å². The van der Waals surface area contributed by atoms with E-state index in [0.29, 0.717) is 11.6 Å². The zero-order valence-electron chi connectivity index (χ0n) is 16.8. The smallest absolute Gasteiger partial charge is 0.161 e. The molecule has 0 radical (unpaired) electrons. The molecule has 3 aromatic heterocycles. The summed E-state index contributed by atoms with van der Waals surface area (Å²) >= 11 is 6.13. The normalized spacial score (nSPS) is 14.8. The molecule has 0 aliphatic carbocycles. The Balaban J connectivity index is 1.57. The fourth-order valence-electron chi connectivity index (χ4n) is 3.97. The molecule has 0 amide bonds. The van der Waals surface area contributed by atoms with Gasteiger partial charge in [-0.15, -0.1) is 10.2 Å². The SMILES string of the molecule is CC(C)(c1nnc(Cn2nccn2)n1-c1ccc(Cl)cc1)N1CCc2n[nH]cc2C1. The number of aromatic nitrogens is 8. The number of nitrogens with one attached hydrogen (secondary N) is 1. The molecule has 1 aliphatic rings. The van der Waals surface area contributed by atoms with Crippen molar-refractivity contribution in [2.45, 2.75) is 38.9 Å². The van der Waals surface area contributed by atoms with Crippen LogP contribution in [0, 0.1) is 0 Å². The summed E-state index contributed by atoms with van der Waals surface area (Å²) in [5, 5.41) is 25.6. The van der Waals surface area contributed by atoms with E-state index < -0.39 is 0 Å². The number of H-pyrrole nitrogens is 1. The number of hydrogen-bond donors (Lipinski definition) is 1. The van der Waals surface area contributed by atoms with E-state index in [-0.39, 0.29) is 5.54 Å². The van der Waals surface area contributed by atoms with Crippen LogP contribution in [0.1, 0.15) is 36.8 Å². The van der Waals surface area contributed by atoms with Gasteiger partial charge < -0.3 is 0 Å². The highest BCUT2D eigenvalue weighted by atomic mass is 35.5. The summed E-state index contributed by atoms with van der Waals surface area (Å²) in [6.07, 6.45) is 6.20. The molecule has 0 unspecified atom stereocenters. The highest BCUT2D eigenvalue weighted by Gasteiger charge is 2.37. The van der Waals surface area contributed by atoms with E-state index in [0.717, 1.165) is 42.5 Å². The van der Waals surface area contributed by atoms with E-state index in [1.165, 1.54) is 5.56 Å². The third-order valence-corrected chi connectivity index (χ3v) is 5.94. The van der Waals surface area contributed by atoms with Crippen LogP contribution in [-0.2, 0) is 25.0 Å². The molecule has 0 spiro atoms. The van der Waals surface area contributed by atoms with Gasteiger partial charge in [-0.2, -0.15) is 20.1 Å². The summed E-state index contributed by atoms with van der Waals surface area (Å²) in [5.74, 6) is 1.62. The van der Waals surface area contributed by atoms with Crippen LogP contribution in [0.25, 0.3) is 5.69 Å². The Bertz CT molecular complexity index is 1140. The molecular formula is C20H22ClN9. The maximum Gasteiger partial charge on any atom is 0.161 e. The van der Waals surface area contributed by atoms with Gasteiger partial charge in [-0.3, -0.25) is 14.6 Å². The van der Waals surface area contributed by atoms with E-state index in [1.807, 2.05) is 30.5 Å². The van der Waals surface area contributed by atoms with Gasteiger partial charge in [0, 0.05) is 42.0 Å². The monoisotopic (exact) mass is 423 g/mol. The summed E-state index contributed by atoms with van der Waals surface area (Å²) in [7, 11) is 0. The first kappa shape index (κ1) is 19.0. The molecule has 5 rings (SSSR count). The lowest BCUT2D eigenvalue weighted by Crippen LogP contribution is -2.46. The van der Waals surface area contributed by atoms with E-state index in [9.17, 15) is 0 Å². The highest BCUT2D eigenvalue weighted by molar-refractivity contribution is 6.30. The van der Waals surface area contributed by atoms with Crippen molar-refractivity contribution in [1.82, 2.24) is 44.9 Å². The molecule has 154 valence electrons. The second-order valence-electron chi connectivity index (χ2n) is 7.90. The van der Waals surface area contributed by atoms with Gasteiger partial charge in [0.05, 0.1) is 23.6 Å². The number of halogens is 1. The highest BCUT2D eigenvalue weighted by Crippen LogP contribution is 2.33. The van der Waals surface area contributed by atoms with Gasteiger partial charge in [-0.25, -0.2) is 0 Å². The van der Waals surface area contributed by atoms with Crippen molar-refractivity contribution in [3.05, 3.63) is 70.8 Å². The first-order valence-electron chi connectivity index (χ1n) is 9.84. The second kappa shape index (κ2) is 7.33. The molecule has 0 atom stereocenters. The van der Waals surface area contributed by atoms with Crippen molar-refractivity contribution in [1.29, 1.82) is 0 Å². The number of rotatable bonds is 5. The van der Waals surface area contributed by atoms with Crippen molar-refractivity contribution >= 4 is 11.6 Å². The zero-order chi connectivity index (χ0) is 20.7. The van der Waals surface area contributed by atoms with Gasteiger partial charge in [0.2, 0.25) is 0 Å². The van der Waals surface area contributed by atoms with Gasteiger partial charge in [-0.05, 0) is 38.1 Å². The lowest BCUT2D eigenvalue weighted by molar-refractivity contribution is 0.0928. The second-order valence-corrected chi connectivity index (χ2v) is 8.34. The molecular weight excluding hydrogens is 402 g/mol. The maximum absolute atomic E-state index is 6.13. The van der Waals surface area contributed by atoms with Gasteiger partial charge in [0.25, 0.3) is 0 Å². The fourth-order valence-corrected chi connectivity index (χ4v) is 4.09. The Kier molecular flexibility index (Phi) is 4.63. The molecule has 0 bridgehead atoms. The molecule has 1 aromatic carbocycles. The average molecular weight is 424 g/mol. The van der Waals surface area contributed by atoms with Crippen LogP contribution in [0.3, 0.4) is 0 Å². The van der Waals surface area contributed by atoms with Gasteiger partial charge in [0.15, 0.2) is 11.6 Å². The molecule has 0 saturated heterocycles. The third kappa shape index (κ3) is 3.29. The largest absolute Gasteiger partial charge is 0.286 e. The third-order valence-electron chi connectivity index (χ3n) is 5.69. The number of hydrogen-bond acceptors (Lipinski definition) is 6. The van der Waals surface area contributed by atoms with E-state index >= 15 is 0 Å². The molecule has 4 aromatic rings. The lowest BCUT2D eigenvalue weighted by atomic mass is 9.96. The molecule has 10 heteroatoms. The Morgan fingerprint density at radius 1 is 1.10 bits per heavy atom. The standard InChI is InChI=1S/C20H22ClN9/c1-20(2,28-10-7-17-14(12-28)11-22-25-17)19-27-26-18(13-29-23-8-9-24-29)30(19)16-5-3-15(21)4-6-16/h3-6,8-9,11H,7,10,12-13H2,1-2H3,(H,22,25). The predicted octanol–water partition coefficient (Wildman–Crippen LogP) is 2.58. The number of aromatic amines is 1. The minimum Gasteiger partial charge on any atom is -0.286 e. The molecule has 4 heterocycles. The molecule has 0 fully saturated rings. The van der Waals surface area contributed by atoms with Crippen LogP contribution in [0.15, 0.2) is 42.9 Å². The predicted molar refractivity (Wildman–Crippen MR) is 111 cm³/mol. The quantitative estimate of drug-likeness (QED) is 0.530. The van der Waals surface area contributed by atoms with Crippen molar-refractivity contribution in [2.24, 2.45) is 0 Å². The average Bonchev–Trinajstić information content (AvgIpc) is 3.49. The van der Waals surface area contributed by atoms with E-state index in [1.54, 1.807) is 17.2 Å². The van der Waals surface area contributed by atoms with E-state index in [2.05, 4.69) is 53.9 Å². The van der Waals surface area contributed by atoms with Crippen LogP contribution in [0.5, 0.6) is 0 Å². The molecule has 30 heavy (non-hydrogen) atoms. The summed E-state index contributed by atoms with van der Waals surface area (Å²) in [6, 6.07) is 7.72. The van der Waals surface area contributed by atoms with Crippen LogP contribution < -0.4 is 0 Å². The van der Waals surface area contributed by atoms with Crippen LogP contribution >= 0.6 is 11.6 Å². The Labute approximate surface area is 178 Å². The first-order valence-corrected chi connectivity index (χ1v) is 10.2. The number of fused-ring (bicyclic) bond motifs is 1.